The molecule has 0 radical (unpaired) electrons. The molecule has 7 heteroatoms. The molecule has 0 atom stereocenters. The Bertz CT molecular complexity index is 312. The number of hydrogen-bond acceptors (Lipinski definition) is 2. The molecule has 2 nitrogen and oxygen atoms in total. The Labute approximate surface area is 104 Å². The first-order valence-corrected chi connectivity index (χ1v) is 5.60. The van der Waals surface area contributed by atoms with Crippen LogP contribution in [-0.4, -0.2) is 11.1 Å². The third-order valence-corrected chi connectivity index (χ3v) is 5.97. The first-order chi connectivity index (χ1) is 5.04. The second-order valence-electron chi connectivity index (χ2n) is 1.64. The summed E-state index contributed by atoms with van der Waals surface area (Å²) >= 11 is 10.8. The maximum atomic E-state index is 10.5. The zero-order valence-corrected chi connectivity index (χ0v) is 11.7. The Morgan fingerprint density at radius 3 is 1.92 bits per heavy atom. The van der Waals surface area contributed by atoms with Gasteiger partial charge in [-0.05, 0) is 47.8 Å². The van der Waals surface area contributed by atoms with Crippen LogP contribution in [-0.2, 0) is 0 Å². The Kier molecular flexibility index (Phi) is 5.32. The van der Waals surface area contributed by atoms with Crippen LogP contribution in [0, 0.1) is 0 Å². The molecule has 1 heterocycles. The van der Waals surface area contributed by atoms with Crippen LogP contribution < -0.4 is 0 Å². The standard InChI is InChI=1S/C5HBr3O2S.ClH/c6-1-2(7)4(8)11-3(1)5(9)10;/h(H,9,10);1H. The number of thiophene rings is 1. The van der Waals surface area contributed by atoms with Gasteiger partial charge in [-0.3, -0.25) is 0 Å². The molecule has 0 saturated heterocycles. The fraction of sp³-hybridized carbons (Fsp3) is 0. The first kappa shape index (κ1) is 12.9. The second-order valence-corrected chi connectivity index (χ2v) is 5.56. The lowest BCUT2D eigenvalue weighted by atomic mass is 10.5. The van der Waals surface area contributed by atoms with Gasteiger partial charge in [0.15, 0.2) is 0 Å². The predicted molar refractivity (Wildman–Crippen MR) is 61.6 cm³/mol. The molecule has 0 bridgehead atoms. The Morgan fingerprint density at radius 1 is 1.25 bits per heavy atom. The van der Waals surface area contributed by atoms with Gasteiger partial charge in [0.1, 0.15) is 4.88 Å². The molecule has 0 aliphatic heterocycles. The van der Waals surface area contributed by atoms with Crippen molar-refractivity contribution in [3.8, 4) is 0 Å². The molecule has 0 unspecified atom stereocenters. The highest BCUT2D eigenvalue weighted by Crippen LogP contribution is 2.40. The van der Waals surface area contributed by atoms with Gasteiger partial charge in [-0.2, -0.15) is 0 Å². The van der Waals surface area contributed by atoms with Crippen LogP contribution in [0.3, 0.4) is 0 Å². The summed E-state index contributed by atoms with van der Waals surface area (Å²) in [4.78, 5) is 10.8. The van der Waals surface area contributed by atoms with Gasteiger partial charge >= 0.3 is 5.97 Å². The summed E-state index contributed by atoms with van der Waals surface area (Å²) in [6.45, 7) is 0. The van der Waals surface area contributed by atoms with E-state index in [1.165, 1.54) is 11.3 Å². The molecule has 0 aromatic carbocycles. The molecular weight excluding hydrogens is 399 g/mol. The van der Waals surface area contributed by atoms with Crippen LogP contribution in [0.25, 0.3) is 0 Å². The molecule has 0 spiro atoms. The molecule has 1 N–H and O–H groups in total. The molecule has 12 heavy (non-hydrogen) atoms. The van der Waals surface area contributed by atoms with Gasteiger partial charge in [0, 0.05) is 0 Å². The number of hydrogen-bond donors (Lipinski definition) is 1. The Hall–Kier alpha value is 0.900. The van der Waals surface area contributed by atoms with E-state index in [9.17, 15) is 4.79 Å². The van der Waals surface area contributed by atoms with Crippen molar-refractivity contribution in [2.75, 3.05) is 0 Å². The SMILES string of the molecule is Cl.O=C(O)c1sc(Br)c(Br)c1Br. The first-order valence-electron chi connectivity index (χ1n) is 2.40. The molecule has 0 amide bonds. The minimum absolute atomic E-state index is 0. The van der Waals surface area contributed by atoms with E-state index in [1.807, 2.05) is 0 Å². The quantitative estimate of drug-likeness (QED) is 0.768. The van der Waals surface area contributed by atoms with E-state index < -0.39 is 5.97 Å². The number of rotatable bonds is 1. The predicted octanol–water partition coefficient (Wildman–Crippen LogP) is 4.16. The molecular formula is C5H2Br3ClO2S. The molecule has 1 aromatic rings. The van der Waals surface area contributed by atoms with Crippen molar-refractivity contribution in [2.24, 2.45) is 0 Å². The van der Waals surface area contributed by atoms with E-state index in [4.69, 9.17) is 5.11 Å². The number of carbonyl (C=O) groups is 1. The van der Waals surface area contributed by atoms with Crippen LogP contribution in [0.5, 0.6) is 0 Å². The zero-order chi connectivity index (χ0) is 8.59. The monoisotopic (exact) mass is 398 g/mol. The van der Waals surface area contributed by atoms with E-state index in [0.717, 1.165) is 8.26 Å². The van der Waals surface area contributed by atoms with Gasteiger partial charge < -0.3 is 5.11 Å². The van der Waals surface area contributed by atoms with Crippen molar-refractivity contribution in [2.45, 2.75) is 0 Å². The third kappa shape index (κ3) is 2.45. The fourth-order valence-electron chi connectivity index (χ4n) is 0.503. The smallest absolute Gasteiger partial charge is 0.347 e. The molecule has 68 valence electrons. The molecule has 0 fully saturated rings. The van der Waals surface area contributed by atoms with Crippen molar-refractivity contribution >= 4 is 77.5 Å². The summed E-state index contributed by atoms with van der Waals surface area (Å²) in [7, 11) is 0. The van der Waals surface area contributed by atoms with Crippen molar-refractivity contribution in [1.82, 2.24) is 0 Å². The van der Waals surface area contributed by atoms with Gasteiger partial charge in [-0.1, -0.05) is 0 Å². The zero-order valence-electron chi connectivity index (χ0n) is 5.31. The normalized spacial score (nSPS) is 9.25. The van der Waals surface area contributed by atoms with E-state index in [1.54, 1.807) is 0 Å². The molecule has 1 rings (SSSR count). The third-order valence-electron chi connectivity index (χ3n) is 0.951. The van der Waals surface area contributed by atoms with Gasteiger partial charge in [0.2, 0.25) is 0 Å². The molecule has 0 aliphatic rings. The lowest BCUT2D eigenvalue weighted by Gasteiger charge is -1.86. The van der Waals surface area contributed by atoms with Crippen molar-refractivity contribution in [3.05, 3.63) is 17.6 Å². The van der Waals surface area contributed by atoms with Gasteiger partial charge in [0.05, 0.1) is 12.7 Å². The molecule has 0 aliphatic carbocycles. The minimum Gasteiger partial charge on any atom is -0.477 e. The average Bonchev–Trinajstić information content (AvgIpc) is 2.17. The summed E-state index contributed by atoms with van der Waals surface area (Å²) < 4.78 is 2.11. The summed E-state index contributed by atoms with van der Waals surface area (Å²) in [6.07, 6.45) is 0. The van der Waals surface area contributed by atoms with Gasteiger partial charge in [0.25, 0.3) is 0 Å². The van der Waals surface area contributed by atoms with Crippen LogP contribution in [0.15, 0.2) is 12.7 Å². The number of carboxylic acids is 1. The largest absolute Gasteiger partial charge is 0.477 e. The highest BCUT2D eigenvalue weighted by molar-refractivity contribution is 9.14. The molecule has 0 saturated carbocycles. The van der Waals surface area contributed by atoms with Crippen molar-refractivity contribution in [1.29, 1.82) is 0 Å². The average molecular weight is 401 g/mol. The van der Waals surface area contributed by atoms with Crippen molar-refractivity contribution in [3.63, 3.8) is 0 Å². The Balaban J connectivity index is 0.00000121. The fourth-order valence-corrected chi connectivity index (χ4v) is 3.42. The van der Waals surface area contributed by atoms with Gasteiger partial charge in [-0.15, -0.1) is 23.7 Å². The van der Waals surface area contributed by atoms with Crippen molar-refractivity contribution < 1.29 is 9.90 Å². The summed E-state index contributed by atoms with van der Waals surface area (Å²) in [6, 6.07) is 0. The summed E-state index contributed by atoms with van der Waals surface area (Å²) in [5, 5.41) is 8.64. The van der Waals surface area contributed by atoms with Gasteiger partial charge in [-0.25, -0.2) is 4.79 Å². The van der Waals surface area contributed by atoms with Crippen LogP contribution in [0.2, 0.25) is 0 Å². The highest BCUT2D eigenvalue weighted by Gasteiger charge is 2.17. The van der Waals surface area contributed by atoms with Crippen LogP contribution in [0.1, 0.15) is 9.67 Å². The maximum Gasteiger partial charge on any atom is 0.347 e. The van der Waals surface area contributed by atoms with E-state index in [2.05, 4.69) is 47.8 Å². The lowest BCUT2D eigenvalue weighted by molar-refractivity contribution is 0.0701. The van der Waals surface area contributed by atoms with Crippen LogP contribution >= 0.6 is 71.5 Å². The van der Waals surface area contributed by atoms with Crippen LogP contribution in [0.4, 0.5) is 0 Å². The summed E-state index contributed by atoms with van der Waals surface area (Å²) in [5.41, 5.74) is 0. The number of halogens is 4. The maximum absolute atomic E-state index is 10.5. The summed E-state index contributed by atoms with van der Waals surface area (Å²) in [5.74, 6) is -0.923. The van der Waals surface area contributed by atoms with E-state index in [-0.39, 0.29) is 12.4 Å². The van der Waals surface area contributed by atoms with E-state index in [0.29, 0.717) is 9.35 Å². The Morgan fingerprint density at radius 2 is 1.75 bits per heavy atom. The van der Waals surface area contributed by atoms with E-state index >= 15 is 0 Å². The lowest BCUT2D eigenvalue weighted by Crippen LogP contribution is -1.91. The number of aromatic carboxylic acids is 1. The number of carboxylic acid groups (broad SMARTS) is 1. The highest BCUT2D eigenvalue weighted by atomic mass is 79.9. The second kappa shape index (κ2) is 4.95. The molecule has 1 aromatic heterocycles. The minimum atomic E-state index is -0.923. The topological polar surface area (TPSA) is 37.3 Å².